The first-order chi connectivity index (χ1) is 15.2. The molecule has 1 amide bonds. The Hall–Kier alpha value is -2.98. The Kier molecular flexibility index (Phi) is 5.56. The summed E-state index contributed by atoms with van der Waals surface area (Å²) in [6, 6.07) is 20.9. The highest BCUT2D eigenvalue weighted by Crippen LogP contribution is 2.29. The van der Waals surface area contributed by atoms with Gasteiger partial charge in [-0.3, -0.25) is 14.7 Å². The number of hydrogen-bond donors (Lipinski definition) is 0. The first-order valence-corrected chi connectivity index (χ1v) is 11.3. The molecule has 1 fully saturated rings. The van der Waals surface area contributed by atoms with Crippen molar-refractivity contribution in [2.75, 3.05) is 25.0 Å². The monoisotopic (exact) mass is 411 g/mol. The molecule has 0 N–H and O–H groups in total. The van der Waals surface area contributed by atoms with Gasteiger partial charge in [0.1, 0.15) is 0 Å². The van der Waals surface area contributed by atoms with E-state index in [1.165, 1.54) is 30.4 Å². The van der Waals surface area contributed by atoms with E-state index in [0.29, 0.717) is 5.56 Å². The van der Waals surface area contributed by atoms with Crippen LogP contribution in [-0.4, -0.2) is 42.0 Å². The lowest BCUT2D eigenvalue weighted by Crippen LogP contribution is -2.41. The number of hydrogen-bond acceptors (Lipinski definition) is 3. The third-order valence-electron chi connectivity index (χ3n) is 6.90. The number of aromatic nitrogens is 1. The molecule has 0 unspecified atom stereocenters. The van der Waals surface area contributed by atoms with Crippen molar-refractivity contribution in [3.63, 3.8) is 0 Å². The Bertz CT molecular complexity index is 1060. The van der Waals surface area contributed by atoms with Crippen LogP contribution in [0.4, 0.5) is 5.69 Å². The Morgan fingerprint density at radius 2 is 1.74 bits per heavy atom. The van der Waals surface area contributed by atoms with Crippen molar-refractivity contribution in [1.29, 1.82) is 0 Å². The van der Waals surface area contributed by atoms with Gasteiger partial charge in [0.25, 0.3) is 5.91 Å². The molecule has 5 rings (SSSR count). The molecule has 3 aromatic rings. The van der Waals surface area contributed by atoms with Crippen LogP contribution in [0, 0.1) is 0 Å². The lowest BCUT2D eigenvalue weighted by atomic mass is 9.91. The predicted molar refractivity (Wildman–Crippen MR) is 125 cm³/mol. The maximum atomic E-state index is 13.1. The van der Waals surface area contributed by atoms with E-state index in [-0.39, 0.29) is 5.91 Å². The molecule has 0 spiro atoms. The van der Waals surface area contributed by atoms with Crippen LogP contribution in [0.15, 0.2) is 66.9 Å². The summed E-state index contributed by atoms with van der Waals surface area (Å²) in [4.78, 5) is 21.9. The molecule has 0 atom stereocenters. The predicted octanol–water partition coefficient (Wildman–Crippen LogP) is 4.98. The number of amides is 1. The van der Waals surface area contributed by atoms with E-state index in [0.717, 1.165) is 48.9 Å². The average molecular weight is 412 g/mol. The number of anilines is 1. The largest absolute Gasteiger partial charge is 0.311 e. The molecule has 1 aromatic heterocycles. The van der Waals surface area contributed by atoms with Crippen LogP contribution >= 0.6 is 0 Å². The van der Waals surface area contributed by atoms with E-state index in [2.05, 4.69) is 28.1 Å². The van der Waals surface area contributed by atoms with Crippen LogP contribution in [-0.2, 0) is 12.8 Å². The lowest BCUT2D eigenvalue weighted by Gasteiger charge is -2.36. The van der Waals surface area contributed by atoms with Gasteiger partial charge in [0.05, 0.1) is 5.69 Å². The third kappa shape index (κ3) is 4.13. The third-order valence-corrected chi connectivity index (χ3v) is 6.90. The summed E-state index contributed by atoms with van der Waals surface area (Å²) in [7, 11) is 1.87. The van der Waals surface area contributed by atoms with E-state index in [1.54, 1.807) is 11.1 Å². The highest BCUT2D eigenvalue weighted by Gasteiger charge is 2.26. The molecule has 0 bridgehead atoms. The second kappa shape index (κ2) is 8.64. The van der Waals surface area contributed by atoms with E-state index >= 15 is 0 Å². The fourth-order valence-corrected chi connectivity index (χ4v) is 4.68. The number of fused-ring (bicyclic) bond motifs is 1. The van der Waals surface area contributed by atoms with Crippen molar-refractivity contribution >= 4 is 11.6 Å². The number of rotatable bonds is 4. The van der Waals surface area contributed by atoms with Crippen molar-refractivity contribution in [3.05, 3.63) is 83.6 Å². The van der Waals surface area contributed by atoms with Crippen molar-refractivity contribution in [1.82, 2.24) is 9.88 Å². The number of carbonyl (C=O) groups excluding carboxylic acids is 1. The molecule has 1 aliphatic heterocycles. The van der Waals surface area contributed by atoms with Crippen LogP contribution in [0.3, 0.4) is 0 Å². The molecule has 2 aromatic carbocycles. The second-order valence-electron chi connectivity index (χ2n) is 8.73. The van der Waals surface area contributed by atoms with Crippen molar-refractivity contribution in [3.8, 4) is 11.3 Å². The average Bonchev–Trinajstić information content (AvgIpc) is 3.00. The fourth-order valence-electron chi connectivity index (χ4n) is 4.68. The first-order valence-electron chi connectivity index (χ1n) is 11.3. The van der Waals surface area contributed by atoms with Gasteiger partial charge in [-0.2, -0.15) is 0 Å². The molecule has 4 heteroatoms. The summed E-state index contributed by atoms with van der Waals surface area (Å²) in [6.45, 7) is 2.29. The van der Waals surface area contributed by atoms with Gasteiger partial charge in [-0.15, -0.1) is 0 Å². The highest BCUT2D eigenvalue weighted by molar-refractivity contribution is 6.06. The van der Waals surface area contributed by atoms with Gasteiger partial charge >= 0.3 is 0 Å². The van der Waals surface area contributed by atoms with Crippen LogP contribution in [0.25, 0.3) is 11.3 Å². The summed E-state index contributed by atoms with van der Waals surface area (Å²) < 4.78 is 0. The molecule has 1 aliphatic carbocycles. The standard InChI is InChI=1S/C27H29N3O/c1-29(27(31)22-10-8-21(9-11-22)26-7-2-3-16-28-26)25-13-12-20-14-17-30(24-5-4-6-24)18-15-23(20)19-25/h2-3,7-13,16,19,24H,4-6,14-15,17-18H2,1H3. The molecule has 0 saturated heterocycles. The summed E-state index contributed by atoms with van der Waals surface area (Å²) in [5.41, 5.74) is 6.41. The van der Waals surface area contributed by atoms with Gasteiger partial charge in [0.2, 0.25) is 0 Å². The van der Waals surface area contributed by atoms with Gasteiger partial charge in [-0.05, 0) is 73.2 Å². The van der Waals surface area contributed by atoms with Gasteiger partial charge < -0.3 is 4.90 Å². The quantitative estimate of drug-likeness (QED) is 0.608. The number of pyridine rings is 1. The van der Waals surface area contributed by atoms with Gasteiger partial charge in [0, 0.05) is 49.2 Å². The van der Waals surface area contributed by atoms with Gasteiger partial charge in [-0.1, -0.05) is 30.7 Å². The summed E-state index contributed by atoms with van der Waals surface area (Å²) in [5.74, 6) is 0.0113. The Morgan fingerprint density at radius 1 is 0.968 bits per heavy atom. The number of benzene rings is 2. The molecule has 2 aliphatic rings. The Labute approximate surface area is 184 Å². The van der Waals surface area contributed by atoms with Gasteiger partial charge in [0.15, 0.2) is 0 Å². The van der Waals surface area contributed by atoms with E-state index in [4.69, 9.17) is 0 Å². The summed E-state index contributed by atoms with van der Waals surface area (Å²) >= 11 is 0. The van der Waals surface area contributed by atoms with Crippen molar-refractivity contribution in [2.24, 2.45) is 0 Å². The molecular weight excluding hydrogens is 382 g/mol. The van der Waals surface area contributed by atoms with E-state index in [1.807, 2.05) is 49.5 Å². The highest BCUT2D eigenvalue weighted by atomic mass is 16.2. The molecular formula is C27H29N3O. The summed E-state index contributed by atoms with van der Waals surface area (Å²) in [6.07, 6.45) is 8.06. The number of nitrogens with zero attached hydrogens (tertiary/aromatic N) is 3. The molecule has 158 valence electrons. The molecule has 0 radical (unpaired) electrons. The SMILES string of the molecule is CN(C(=O)c1ccc(-c2ccccn2)cc1)c1ccc2c(c1)CCN(C1CCC1)CC2. The number of carbonyl (C=O) groups is 1. The van der Waals surface area contributed by atoms with E-state index in [9.17, 15) is 4.79 Å². The smallest absolute Gasteiger partial charge is 0.258 e. The normalized spacial score (nSPS) is 16.8. The zero-order valence-corrected chi connectivity index (χ0v) is 18.1. The minimum absolute atomic E-state index is 0.0113. The van der Waals surface area contributed by atoms with Crippen LogP contribution in [0.5, 0.6) is 0 Å². The van der Waals surface area contributed by atoms with E-state index < -0.39 is 0 Å². The van der Waals surface area contributed by atoms with Crippen LogP contribution in [0.2, 0.25) is 0 Å². The molecule has 31 heavy (non-hydrogen) atoms. The van der Waals surface area contributed by atoms with Crippen molar-refractivity contribution in [2.45, 2.75) is 38.1 Å². The maximum Gasteiger partial charge on any atom is 0.258 e. The maximum absolute atomic E-state index is 13.1. The van der Waals surface area contributed by atoms with Crippen LogP contribution in [0.1, 0.15) is 40.7 Å². The second-order valence-corrected chi connectivity index (χ2v) is 8.73. The molecule has 4 nitrogen and oxygen atoms in total. The minimum atomic E-state index is 0.0113. The molecule has 2 heterocycles. The zero-order chi connectivity index (χ0) is 21.2. The van der Waals surface area contributed by atoms with Crippen molar-refractivity contribution < 1.29 is 4.79 Å². The van der Waals surface area contributed by atoms with Gasteiger partial charge in [-0.25, -0.2) is 0 Å². The topological polar surface area (TPSA) is 36.4 Å². The Morgan fingerprint density at radius 3 is 2.42 bits per heavy atom. The minimum Gasteiger partial charge on any atom is -0.311 e. The Balaban J connectivity index is 1.30. The summed E-state index contributed by atoms with van der Waals surface area (Å²) in [5, 5.41) is 0. The first kappa shape index (κ1) is 20.0. The fraction of sp³-hybridized carbons (Fsp3) is 0.333. The van der Waals surface area contributed by atoms with Crippen LogP contribution < -0.4 is 4.90 Å². The molecule has 1 saturated carbocycles. The lowest BCUT2D eigenvalue weighted by molar-refractivity contribution is 0.0993. The zero-order valence-electron chi connectivity index (χ0n) is 18.1.